The summed E-state index contributed by atoms with van der Waals surface area (Å²) in [6, 6.07) is 16.5. The monoisotopic (exact) mass is 360 g/mol. The Morgan fingerprint density at radius 3 is 2.71 bits per heavy atom. The maximum atomic E-state index is 9.18. The average molecular weight is 362 g/mol. The van der Waals surface area contributed by atoms with Crippen LogP contribution in [0.15, 0.2) is 46.9 Å². The van der Waals surface area contributed by atoms with Crippen LogP contribution in [0.3, 0.4) is 0 Å². The fourth-order valence-corrected chi connectivity index (χ4v) is 3.28. The summed E-state index contributed by atoms with van der Waals surface area (Å²) in [5, 5.41) is 13.4. The van der Waals surface area contributed by atoms with Crippen LogP contribution < -0.4 is 5.32 Å². The molecule has 0 heterocycles. The van der Waals surface area contributed by atoms with Crippen LogP contribution in [0.2, 0.25) is 5.02 Å². The standard InChI is InChI=1S/C17H14BrClN2/c18-14-4-5-17(13(6-14)10-20)21-16-8-12(9-16)11-2-1-3-15(19)7-11/h1-7,12,16,21H,8-9H2. The highest BCUT2D eigenvalue weighted by Crippen LogP contribution is 2.39. The molecule has 1 saturated carbocycles. The summed E-state index contributed by atoms with van der Waals surface area (Å²) in [6.45, 7) is 0. The number of nitrogens with zero attached hydrogens (tertiary/aromatic N) is 1. The molecule has 1 fully saturated rings. The van der Waals surface area contributed by atoms with Crippen LogP contribution in [-0.4, -0.2) is 6.04 Å². The van der Waals surface area contributed by atoms with Crippen molar-refractivity contribution in [2.24, 2.45) is 0 Å². The number of rotatable bonds is 3. The summed E-state index contributed by atoms with van der Waals surface area (Å²) in [6.07, 6.45) is 2.14. The second-order valence-electron chi connectivity index (χ2n) is 5.37. The molecule has 106 valence electrons. The van der Waals surface area contributed by atoms with Gasteiger partial charge in [-0.05, 0) is 54.7 Å². The van der Waals surface area contributed by atoms with E-state index < -0.39 is 0 Å². The first-order valence-corrected chi connectivity index (χ1v) is 8.04. The van der Waals surface area contributed by atoms with E-state index in [1.54, 1.807) is 0 Å². The summed E-state index contributed by atoms with van der Waals surface area (Å²) < 4.78 is 0.926. The fourth-order valence-electron chi connectivity index (χ4n) is 2.72. The molecule has 4 heteroatoms. The minimum absolute atomic E-state index is 0.419. The average Bonchev–Trinajstić information content (AvgIpc) is 2.43. The van der Waals surface area contributed by atoms with E-state index in [2.05, 4.69) is 33.4 Å². The summed E-state index contributed by atoms with van der Waals surface area (Å²) in [7, 11) is 0. The van der Waals surface area contributed by atoms with Gasteiger partial charge in [0.1, 0.15) is 6.07 Å². The molecule has 1 aliphatic carbocycles. The van der Waals surface area contributed by atoms with Crippen LogP contribution in [0.5, 0.6) is 0 Å². The zero-order valence-electron chi connectivity index (χ0n) is 11.3. The predicted octanol–water partition coefficient (Wildman–Crippen LogP) is 5.33. The number of hydrogen-bond donors (Lipinski definition) is 1. The van der Waals surface area contributed by atoms with Gasteiger partial charge < -0.3 is 5.32 Å². The summed E-state index contributed by atoms with van der Waals surface area (Å²) in [5.41, 5.74) is 2.89. The van der Waals surface area contributed by atoms with Crippen molar-refractivity contribution in [3.63, 3.8) is 0 Å². The Morgan fingerprint density at radius 2 is 2.00 bits per heavy atom. The van der Waals surface area contributed by atoms with Gasteiger partial charge in [0.05, 0.1) is 11.3 Å². The van der Waals surface area contributed by atoms with Gasteiger partial charge in [-0.1, -0.05) is 39.7 Å². The van der Waals surface area contributed by atoms with Crippen molar-refractivity contribution in [3.8, 4) is 6.07 Å². The largest absolute Gasteiger partial charge is 0.381 e. The summed E-state index contributed by atoms with van der Waals surface area (Å²) in [5.74, 6) is 0.558. The maximum absolute atomic E-state index is 9.18. The summed E-state index contributed by atoms with van der Waals surface area (Å²) in [4.78, 5) is 0. The molecule has 0 atom stereocenters. The number of benzene rings is 2. The first-order valence-electron chi connectivity index (χ1n) is 6.87. The molecule has 0 spiro atoms. The van der Waals surface area contributed by atoms with Gasteiger partial charge in [-0.3, -0.25) is 0 Å². The normalized spacial score (nSPS) is 20.4. The molecule has 0 amide bonds. The van der Waals surface area contributed by atoms with Crippen LogP contribution in [0.1, 0.15) is 29.9 Å². The number of halogens is 2. The SMILES string of the molecule is N#Cc1cc(Br)ccc1NC1CC(c2cccc(Cl)c2)C1. The van der Waals surface area contributed by atoms with Gasteiger partial charge in [0.2, 0.25) is 0 Å². The highest BCUT2D eigenvalue weighted by molar-refractivity contribution is 9.10. The molecule has 0 aliphatic heterocycles. The number of nitriles is 1. The molecule has 1 N–H and O–H groups in total. The van der Waals surface area contributed by atoms with E-state index in [4.69, 9.17) is 11.6 Å². The van der Waals surface area contributed by atoms with Crippen molar-refractivity contribution >= 4 is 33.2 Å². The van der Waals surface area contributed by atoms with Gasteiger partial charge in [0.15, 0.2) is 0 Å². The van der Waals surface area contributed by atoms with Crippen molar-refractivity contribution in [2.45, 2.75) is 24.8 Å². The molecule has 1 aliphatic rings. The van der Waals surface area contributed by atoms with Crippen molar-refractivity contribution in [1.82, 2.24) is 0 Å². The Balaban J connectivity index is 1.64. The molecule has 2 nitrogen and oxygen atoms in total. The van der Waals surface area contributed by atoms with E-state index in [0.717, 1.165) is 28.0 Å². The van der Waals surface area contributed by atoms with Crippen LogP contribution in [0, 0.1) is 11.3 Å². The van der Waals surface area contributed by atoms with E-state index in [-0.39, 0.29) is 0 Å². The van der Waals surface area contributed by atoms with Crippen LogP contribution in [0.4, 0.5) is 5.69 Å². The number of anilines is 1. The molecule has 2 aromatic carbocycles. The van der Waals surface area contributed by atoms with E-state index in [9.17, 15) is 5.26 Å². The lowest BCUT2D eigenvalue weighted by Gasteiger charge is -2.37. The number of hydrogen-bond acceptors (Lipinski definition) is 2. The minimum Gasteiger partial charge on any atom is -0.381 e. The zero-order valence-corrected chi connectivity index (χ0v) is 13.7. The Bertz CT molecular complexity index is 702. The highest BCUT2D eigenvalue weighted by atomic mass is 79.9. The van der Waals surface area contributed by atoms with Crippen molar-refractivity contribution < 1.29 is 0 Å². The van der Waals surface area contributed by atoms with E-state index in [1.165, 1.54) is 5.56 Å². The van der Waals surface area contributed by atoms with Crippen molar-refractivity contribution in [3.05, 3.63) is 63.1 Å². The predicted molar refractivity (Wildman–Crippen MR) is 89.7 cm³/mol. The molecule has 2 aromatic rings. The third-order valence-electron chi connectivity index (χ3n) is 3.92. The van der Waals surface area contributed by atoms with Gasteiger partial charge in [-0.2, -0.15) is 5.26 Å². The molecular weight excluding hydrogens is 348 g/mol. The lowest BCUT2D eigenvalue weighted by molar-refractivity contribution is 0.374. The Kier molecular flexibility index (Phi) is 4.19. The van der Waals surface area contributed by atoms with Gasteiger partial charge in [-0.15, -0.1) is 0 Å². The van der Waals surface area contributed by atoms with Gasteiger partial charge in [-0.25, -0.2) is 0 Å². The van der Waals surface area contributed by atoms with E-state index >= 15 is 0 Å². The second kappa shape index (κ2) is 6.09. The second-order valence-corrected chi connectivity index (χ2v) is 6.72. The lowest BCUT2D eigenvalue weighted by atomic mass is 9.76. The molecule has 0 aromatic heterocycles. The van der Waals surface area contributed by atoms with Gasteiger partial charge >= 0.3 is 0 Å². The quantitative estimate of drug-likeness (QED) is 0.801. The van der Waals surface area contributed by atoms with Gasteiger partial charge in [0.25, 0.3) is 0 Å². The van der Waals surface area contributed by atoms with E-state index in [0.29, 0.717) is 17.5 Å². The lowest BCUT2D eigenvalue weighted by Crippen LogP contribution is -2.34. The smallest absolute Gasteiger partial charge is 0.101 e. The molecular formula is C17H14BrClN2. The Labute approximate surface area is 137 Å². The Hall–Kier alpha value is -1.50. The topological polar surface area (TPSA) is 35.8 Å². The summed E-state index contributed by atoms with van der Waals surface area (Å²) >= 11 is 9.42. The highest BCUT2D eigenvalue weighted by Gasteiger charge is 2.30. The molecule has 21 heavy (non-hydrogen) atoms. The minimum atomic E-state index is 0.419. The number of nitrogens with one attached hydrogen (secondary N) is 1. The molecule has 3 rings (SSSR count). The third-order valence-corrected chi connectivity index (χ3v) is 4.65. The zero-order chi connectivity index (χ0) is 14.8. The van der Waals surface area contributed by atoms with Gasteiger partial charge in [0, 0.05) is 15.5 Å². The molecule has 0 radical (unpaired) electrons. The van der Waals surface area contributed by atoms with Crippen LogP contribution >= 0.6 is 27.5 Å². The first-order chi connectivity index (χ1) is 10.2. The first kappa shape index (κ1) is 14.4. The Morgan fingerprint density at radius 1 is 1.19 bits per heavy atom. The van der Waals surface area contributed by atoms with Crippen LogP contribution in [0.25, 0.3) is 0 Å². The maximum Gasteiger partial charge on any atom is 0.101 e. The molecule has 0 saturated heterocycles. The third kappa shape index (κ3) is 3.23. The molecule has 0 bridgehead atoms. The van der Waals surface area contributed by atoms with Crippen molar-refractivity contribution in [2.75, 3.05) is 5.32 Å². The van der Waals surface area contributed by atoms with Crippen LogP contribution in [-0.2, 0) is 0 Å². The van der Waals surface area contributed by atoms with Crippen molar-refractivity contribution in [1.29, 1.82) is 5.26 Å². The fraction of sp³-hybridized carbons (Fsp3) is 0.235. The molecule has 0 unspecified atom stereocenters. The van der Waals surface area contributed by atoms with E-state index in [1.807, 2.05) is 36.4 Å².